The lowest BCUT2D eigenvalue weighted by atomic mass is 9.84. The number of hydrogen-bond donors (Lipinski definition) is 3. The summed E-state index contributed by atoms with van der Waals surface area (Å²) in [4.78, 5) is 4.91. The Morgan fingerprint density at radius 3 is 2.27 bits per heavy atom. The maximum absolute atomic E-state index is 6.21. The summed E-state index contributed by atoms with van der Waals surface area (Å²) < 4.78 is 0. The molecule has 0 aliphatic carbocycles. The third-order valence-electron chi connectivity index (χ3n) is 4.93. The SMILES string of the molecule is Clc1ccc(CN=C2Nc3cc(Cl)c(Cl)cc3NC23CCNCC3)cc1. The van der Waals surface area contributed by atoms with Crippen LogP contribution in [-0.4, -0.2) is 24.5 Å². The molecular weight excluding hydrogens is 391 g/mol. The average Bonchev–Trinajstić information content (AvgIpc) is 2.64. The zero-order valence-electron chi connectivity index (χ0n) is 14.1. The Kier molecular flexibility index (Phi) is 5.02. The Balaban J connectivity index is 1.68. The van der Waals surface area contributed by atoms with E-state index in [1.54, 1.807) is 0 Å². The van der Waals surface area contributed by atoms with Gasteiger partial charge in [-0.05, 0) is 55.8 Å². The van der Waals surface area contributed by atoms with Crippen LogP contribution in [-0.2, 0) is 6.54 Å². The van der Waals surface area contributed by atoms with Crippen molar-refractivity contribution in [1.82, 2.24) is 5.32 Å². The Labute approximate surface area is 167 Å². The summed E-state index contributed by atoms with van der Waals surface area (Å²) in [5.74, 6) is 0.944. The number of nitrogens with one attached hydrogen (secondary N) is 3. The smallest absolute Gasteiger partial charge is 0.127 e. The first-order valence-corrected chi connectivity index (χ1v) is 9.73. The number of hydrogen-bond acceptors (Lipinski definition) is 3. The van der Waals surface area contributed by atoms with E-state index in [9.17, 15) is 0 Å². The minimum atomic E-state index is -0.220. The molecule has 26 heavy (non-hydrogen) atoms. The third kappa shape index (κ3) is 3.52. The van der Waals surface area contributed by atoms with Gasteiger partial charge >= 0.3 is 0 Å². The van der Waals surface area contributed by atoms with E-state index < -0.39 is 0 Å². The van der Waals surface area contributed by atoms with Crippen LogP contribution in [0.2, 0.25) is 15.1 Å². The van der Waals surface area contributed by atoms with Gasteiger partial charge in [0.2, 0.25) is 0 Å². The fraction of sp³-hybridized carbons (Fsp3) is 0.316. The first-order valence-electron chi connectivity index (χ1n) is 8.60. The number of aliphatic imine (C=N–C) groups is 1. The van der Waals surface area contributed by atoms with E-state index >= 15 is 0 Å². The van der Waals surface area contributed by atoms with Crippen molar-refractivity contribution < 1.29 is 0 Å². The van der Waals surface area contributed by atoms with Crippen molar-refractivity contribution in [3.63, 3.8) is 0 Å². The predicted molar refractivity (Wildman–Crippen MR) is 111 cm³/mol. The second-order valence-electron chi connectivity index (χ2n) is 6.69. The Hall–Kier alpha value is -1.46. The Morgan fingerprint density at radius 2 is 1.58 bits per heavy atom. The summed E-state index contributed by atoms with van der Waals surface area (Å²) in [5.41, 5.74) is 2.76. The molecule has 4 rings (SSSR count). The van der Waals surface area contributed by atoms with Gasteiger partial charge in [-0.15, -0.1) is 0 Å². The molecular formula is C19H19Cl3N4. The molecule has 0 amide bonds. The minimum absolute atomic E-state index is 0.220. The molecule has 0 saturated carbocycles. The van der Waals surface area contributed by atoms with Crippen molar-refractivity contribution in [3.8, 4) is 0 Å². The van der Waals surface area contributed by atoms with Gasteiger partial charge in [-0.3, -0.25) is 4.99 Å². The fourth-order valence-corrected chi connectivity index (χ4v) is 3.94. The summed E-state index contributed by atoms with van der Waals surface area (Å²) in [6, 6.07) is 11.5. The molecule has 136 valence electrons. The molecule has 0 radical (unpaired) electrons. The zero-order valence-corrected chi connectivity index (χ0v) is 16.3. The number of amidine groups is 1. The summed E-state index contributed by atoms with van der Waals surface area (Å²) in [7, 11) is 0. The average molecular weight is 410 g/mol. The molecule has 4 nitrogen and oxygen atoms in total. The topological polar surface area (TPSA) is 48.5 Å². The van der Waals surface area contributed by atoms with Crippen LogP contribution in [0.15, 0.2) is 41.4 Å². The van der Waals surface area contributed by atoms with Crippen molar-refractivity contribution in [3.05, 3.63) is 57.0 Å². The Morgan fingerprint density at radius 1 is 0.923 bits per heavy atom. The first kappa shape index (κ1) is 17.9. The quantitative estimate of drug-likeness (QED) is 0.638. The van der Waals surface area contributed by atoms with Crippen LogP contribution in [0, 0.1) is 0 Å². The van der Waals surface area contributed by atoms with E-state index in [2.05, 4.69) is 16.0 Å². The van der Waals surface area contributed by atoms with Crippen LogP contribution in [0.5, 0.6) is 0 Å². The Bertz CT molecular complexity index is 843. The molecule has 2 aromatic carbocycles. The summed E-state index contributed by atoms with van der Waals surface area (Å²) >= 11 is 18.4. The van der Waals surface area contributed by atoms with E-state index in [4.69, 9.17) is 39.8 Å². The maximum Gasteiger partial charge on any atom is 0.127 e. The number of benzene rings is 2. The van der Waals surface area contributed by atoms with Crippen molar-refractivity contribution in [2.24, 2.45) is 4.99 Å². The fourth-order valence-electron chi connectivity index (χ4n) is 3.48. The number of anilines is 2. The normalized spacial score (nSPS) is 19.7. The standard InChI is InChI=1S/C19H19Cl3N4/c20-13-3-1-12(2-4-13)11-24-18-19(5-7-23-8-6-19)26-17-10-15(22)14(21)9-16(17)25-18/h1-4,9-10,23,26H,5-8,11H2,(H,24,25). The van der Waals surface area contributed by atoms with Crippen LogP contribution < -0.4 is 16.0 Å². The number of halogens is 3. The number of rotatable bonds is 2. The van der Waals surface area contributed by atoms with Crippen LogP contribution in [0.3, 0.4) is 0 Å². The monoisotopic (exact) mass is 408 g/mol. The molecule has 3 N–H and O–H groups in total. The highest BCUT2D eigenvalue weighted by Crippen LogP contribution is 2.40. The van der Waals surface area contributed by atoms with Crippen LogP contribution in [0.1, 0.15) is 18.4 Å². The highest BCUT2D eigenvalue weighted by Gasteiger charge is 2.41. The molecule has 0 bridgehead atoms. The molecule has 0 unspecified atom stereocenters. The summed E-state index contributed by atoms with van der Waals surface area (Å²) in [6.07, 6.45) is 1.89. The largest absolute Gasteiger partial charge is 0.371 e. The van der Waals surface area contributed by atoms with Gasteiger partial charge in [0.1, 0.15) is 5.84 Å². The zero-order chi connectivity index (χ0) is 18.1. The third-order valence-corrected chi connectivity index (χ3v) is 5.90. The van der Waals surface area contributed by atoms with E-state index in [-0.39, 0.29) is 5.54 Å². The molecule has 2 heterocycles. The molecule has 0 aromatic heterocycles. The second kappa shape index (κ2) is 7.28. The van der Waals surface area contributed by atoms with E-state index in [0.717, 1.165) is 53.7 Å². The lowest BCUT2D eigenvalue weighted by Gasteiger charge is -2.44. The molecule has 0 atom stereocenters. The molecule has 7 heteroatoms. The van der Waals surface area contributed by atoms with Gasteiger partial charge in [0.25, 0.3) is 0 Å². The summed E-state index contributed by atoms with van der Waals surface area (Å²) in [6.45, 7) is 2.46. The number of piperidine rings is 1. The van der Waals surface area contributed by atoms with Gasteiger partial charge < -0.3 is 16.0 Å². The second-order valence-corrected chi connectivity index (χ2v) is 7.94. The van der Waals surface area contributed by atoms with Crippen LogP contribution >= 0.6 is 34.8 Å². The number of fused-ring (bicyclic) bond motifs is 1. The molecule has 1 spiro atoms. The number of nitrogens with zero attached hydrogens (tertiary/aromatic N) is 1. The lowest BCUT2D eigenvalue weighted by Crippen LogP contribution is -2.57. The van der Waals surface area contributed by atoms with Crippen molar-refractivity contribution in [2.75, 3.05) is 23.7 Å². The van der Waals surface area contributed by atoms with Gasteiger partial charge in [0, 0.05) is 5.02 Å². The van der Waals surface area contributed by atoms with Crippen molar-refractivity contribution >= 4 is 52.0 Å². The van der Waals surface area contributed by atoms with Gasteiger partial charge in [-0.1, -0.05) is 46.9 Å². The van der Waals surface area contributed by atoms with Gasteiger partial charge in [0.05, 0.1) is 33.5 Å². The van der Waals surface area contributed by atoms with E-state index in [1.807, 2.05) is 36.4 Å². The van der Waals surface area contributed by atoms with Crippen molar-refractivity contribution in [1.29, 1.82) is 0 Å². The van der Waals surface area contributed by atoms with E-state index in [0.29, 0.717) is 16.6 Å². The molecule has 1 fully saturated rings. The van der Waals surface area contributed by atoms with Gasteiger partial charge in [-0.2, -0.15) is 0 Å². The molecule has 2 aliphatic rings. The van der Waals surface area contributed by atoms with Crippen LogP contribution in [0.25, 0.3) is 0 Å². The predicted octanol–water partition coefficient (Wildman–Crippen LogP) is 5.21. The molecule has 2 aromatic rings. The van der Waals surface area contributed by atoms with Gasteiger partial charge in [0.15, 0.2) is 0 Å². The van der Waals surface area contributed by atoms with Crippen LogP contribution in [0.4, 0.5) is 11.4 Å². The van der Waals surface area contributed by atoms with Crippen molar-refractivity contribution in [2.45, 2.75) is 24.9 Å². The maximum atomic E-state index is 6.21. The lowest BCUT2D eigenvalue weighted by molar-refractivity contribution is 0.419. The van der Waals surface area contributed by atoms with E-state index in [1.165, 1.54) is 0 Å². The highest BCUT2D eigenvalue weighted by atomic mass is 35.5. The summed E-state index contributed by atoms with van der Waals surface area (Å²) in [5, 5.41) is 12.4. The highest BCUT2D eigenvalue weighted by molar-refractivity contribution is 6.42. The van der Waals surface area contributed by atoms with Gasteiger partial charge in [-0.25, -0.2) is 0 Å². The minimum Gasteiger partial charge on any atom is -0.371 e. The molecule has 2 aliphatic heterocycles. The first-order chi connectivity index (χ1) is 12.6. The molecule has 1 saturated heterocycles.